The predicted octanol–water partition coefficient (Wildman–Crippen LogP) is 8.23. The van der Waals surface area contributed by atoms with Gasteiger partial charge in [0.05, 0.1) is 19.8 Å². The molecular formula is C29H35O4P. The van der Waals surface area contributed by atoms with E-state index in [0.29, 0.717) is 12.5 Å². The summed E-state index contributed by atoms with van der Waals surface area (Å²) in [5, 5.41) is 0. The zero-order valence-electron chi connectivity index (χ0n) is 19.8. The molecule has 5 heteroatoms. The van der Waals surface area contributed by atoms with Crippen LogP contribution < -0.4 is 0 Å². The highest BCUT2D eigenvalue weighted by molar-refractivity contribution is 7.48. The number of aryl methyl sites for hydroxylation is 1. The lowest BCUT2D eigenvalue weighted by Crippen LogP contribution is -2.08. The molecule has 3 aromatic rings. The second kappa shape index (κ2) is 13.0. The first kappa shape index (κ1) is 24.9. The fourth-order valence-electron chi connectivity index (χ4n) is 4.58. The van der Waals surface area contributed by atoms with Crippen LogP contribution in [0.4, 0.5) is 0 Å². The van der Waals surface area contributed by atoms with Crippen molar-refractivity contribution < 1.29 is 18.1 Å². The van der Waals surface area contributed by atoms with Crippen LogP contribution in [0.25, 0.3) is 0 Å². The van der Waals surface area contributed by atoms with E-state index in [0.717, 1.165) is 24.0 Å². The van der Waals surface area contributed by atoms with Crippen molar-refractivity contribution in [2.75, 3.05) is 6.61 Å². The molecule has 3 aromatic carbocycles. The van der Waals surface area contributed by atoms with Gasteiger partial charge in [-0.05, 0) is 53.9 Å². The molecule has 0 aromatic heterocycles. The summed E-state index contributed by atoms with van der Waals surface area (Å²) >= 11 is 0. The lowest BCUT2D eigenvalue weighted by molar-refractivity contribution is 0.102. The van der Waals surface area contributed by atoms with Crippen molar-refractivity contribution in [2.45, 2.75) is 64.1 Å². The Hall–Kier alpha value is -2.23. The van der Waals surface area contributed by atoms with Crippen molar-refractivity contribution >= 4 is 7.82 Å². The fraction of sp³-hybridized carbons (Fsp3) is 0.379. The van der Waals surface area contributed by atoms with Crippen LogP contribution in [0.1, 0.15) is 66.7 Å². The minimum Gasteiger partial charge on any atom is -0.287 e. The Morgan fingerprint density at radius 3 is 1.85 bits per heavy atom. The van der Waals surface area contributed by atoms with Gasteiger partial charge in [0.25, 0.3) is 0 Å². The van der Waals surface area contributed by atoms with Crippen molar-refractivity contribution in [2.24, 2.45) is 0 Å². The average Bonchev–Trinajstić information content (AvgIpc) is 2.91. The second-order valence-corrected chi connectivity index (χ2v) is 10.6. The molecule has 1 fully saturated rings. The van der Waals surface area contributed by atoms with Gasteiger partial charge in [-0.2, -0.15) is 0 Å². The SMILES string of the molecule is O=P(OCCCc1ccccc1C1CCCCC1)(OCc1ccccc1)OCc1ccccc1. The topological polar surface area (TPSA) is 44.8 Å². The van der Waals surface area contributed by atoms with Crippen molar-refractivity contribution in [1.82, 2.24) is 0 Å². The normalized spacial score (nSPS) is 14.8. The third-order valence-electron chi connectivity index (χ3n) is 6.40. The maximum Gasteiger partial charge on any atom is 0.475 e. The van der Waals surface area contributed by atoms with Crippen molar-refractivity contribution in [3.63, 3.8) is 0 Å². The van der Waals surface area contributed by atoms with Gasteiger partial charge >= 0.3 is 7.82 Å². The Kier molecular flexibility index (Phi) is 9.53. The van der Waals surface area contributed by atoms with Crippen LogP contribution >= 0.6 is 7.82 Å². The Morgan fingerprint density at radius 1 is 0.676 bits per heavy atom. The molecule has 0 spiro atoms. The molecule has 0 atom stereocenters. The number of hydrogen-bond acceptors (Lipinski definition) is 4. The number of phosphoric acid groups is 1. The maximum absolute atomic E-state index is 13.4. The van der Waals surface area contributed by atoms with E-state index < -0.39 is 7.82 Å². The van der Waals surface area contributed by atoms with Gasteiger partial charge in [-0.3, -0.25) is 13.6 Å². The van der Waals surface area contributed by atoms with E-state index in [1.165, 1.54) is 43.2 Å². The monoisotopic (exact) mass is 478 g/mol. The van der Waals surface area contributed by atoms with Gasteiger partial charge in [-0.1, -0.05) is 104 Å². The zero-order valence-corrected chi connectivity index (χ0v) is 20.7. The van der Waals surface area contributed by atoms with Crippen molar-refractivity contribution in [3.8, 4) is 0 Å². The van der Waals surface area contributed by atoms with Crippen LogP contribution in [0.15, 0.2) is 84.9 Å². The number of phosphoric ester groups is 1. The summed E-state index contributed by atoms with van der Waals surface area (Å²) in [6.07, 6.45) is 8.22. The molecule has 0 aliphatic heterocycles. The van der Waals surface area contributed by atoms with Crippen LogP contribution in [-0.2, 0) is 37.8 Å². The molecule has 4 nitrogen and oxygen atoms in total. The third-order valence-corrected chi connectivity index (χ3v) is 7.79. The molecule has 0 saturated heterocycles. The molecule has 0 amide bonds. The van der Waals surface area contributed by atoms with Crippen molar-refractivity contribution in [1.29, 1.82) is 0 Å². The number of rotatable bonds is 12. The first-order valence-corrected chi connectivity index (χ1v) is 13.9. The lowest BCUT2D eigenvalue weighted by Gasteiger charge is -2.24. The van der Waals surface area contributed by atoms with Gasteiger partial charge < -0.3 is 0 Å². The summed E-state index contributed by atoms with van der Waals surface area (Å²) in [5.74, 6) is 0.667. The Bertz CT molecular complexity index is 985. The largest absolute Gasteiger partial charge is 0.475 e. The molecule has 34 heavy (non-hydrogen) atoms. The summed E-state index contributed by atoms with van der Waals surface area (Å²) in [6, 6.07) is 28.1. The molecule has 1 aliphatic carbocycles. The quantitative estimate of drug-likeness (QED) is 0.194. The van der Waals surface area contributed by atoms with E-state index >= 15 is 0 Å². The van der Waals surface area contributed by atoms with E-state index in [4.69, 9.17) is 13.6 Å². The first-order chi connectivity index (χ1) is 16.7. The van der Waals surface area contributed by atoms with E-state index in [1.54, 1.807) is 0 Å². The van der Waals surface area contributed by atoms with Gasteiger partial charge in [0.2, 0.25) is 0 Å². The highest BCUT2D eigenvalue weighted by Crippen LogP contribution is 2.51. The van der Waals surface area contributed by atoms with Gasteiger partial charge in [-0.25, -0.2) is 4.57 Å². The summed E-state index contributed by atoms with van der Waals surface area (Å²) in [7, 11) is -3.71. The minimum atomic E-state index is -3.71. The van der Waals surface area contributed by atoms with Crippen LogP contribution in [0, 0.1) is 0 Å². The summed E-state index contributed by atoms with van der Waals surface area (Å²) in [6.45, 7) is 0.675. The summed E-state index contributed by atoms with van der Waals surface area (Å²) in [5.41, 5.74) is 4.71. The molecule has 180 valence electrons. The lowest BCUT2D eigenvalue weighted by atomic mass is 9.81. The molecule has 0 unspecified atom stereocenters. The highest BCUT2D eigenvalue weighted by Gasteiger charge is 2.27. The van der Waals surface area contributed by atoms with Gasteiger partial charge in [0.1, 0.15) is 0 Å². The third kappa shape index (κ3) is 7.65. The van der Waals surface area contributed by atoms with Gasteiger partial charge in [0.15, 0.2) is 0 Å². The molecule has 0 radical (unpaired) electrons. The van der Waals surface area contributed by atoms with Crippen LogP contribution in [0.3, 0.4) is 0 Å². The Balaban J connectivity index is 1.34. The molecule has 1 saturated carbocycles. The van der Waals surface area contributed by atoms with E-state index in [9.17, 15) is 4.57 Å². The minimum absolute atomic E-state index is 0.178. The second-order valence-electron chi connectivity index (χ2n) is 8.94. The van der Waals surface area contributed by atoms with E-state index in [-0.39, 0.29) is 13.2 Å². The number of hydrogen-bond donors (Lipinski definition) is 0. The number of benzene rings is 3. The van der Waals surface area contributed by atoms with E-state index in [2.05, 4.69) is 24.3 Å². The molecule has 0 N–H and O–H groups in total. The Labute approximate surface area is 203 Å². The molecular weight excluding hydrogens is 443 g/mol. The molecule has 4 rings (SSSR count). The Morgan fingerprint density at radius 2 is 1.24 bits per heavy atom. The van der Waals surface area contributed by atoms with E-state index in [1.807, 2.05) is 60.7 Å². The predicted molar refractivity (Wildman–Crippen MR) is 137 cm³/mol. The smallest absolute Gasteiger partial charge is 0.287 e. The van der Waals surface area contributed by atoms with Crippen LogP contribution in [0.5, 0.6) is 0 Å². The summed E-state index contributed by atoms with van der Waals surface area (Å²) < 4.78 is 30.6. The highest BCUT2D eigenvalue weighted by atomic mass is 31.2. The first-order valence-electron chi connectivity index (χ1n) is 12.4. The average molecular weight is 479 g/mol. The van der Waals surface area contributed by atoms with Crippen LogP contribution in [0.2, 0.25) is 0 Å². The molecule has 1 aliphatic rings. The maximum atomic E-state index is 13.4. The zero-order chi connectivity index (χ0) is 23.5. The van der Waals surface area contributed by atoms with Gasteiger partial charge in [-0.15, -0.1) is 0 Å². The van der Waals surface area contributed by atoms with Crippen molar-refractivity contribution in [3.05, 3.63) is 107 Å². The molecule has 0 heterocycles. The van der Waals surface area contributed by atoms with Gasteiger partial charge in [0, 0.05) is 0 Å². The molecule has 0 bridgehead atoms. The fourth-order valence-corrected chi connectivity index (χ4v) is 5.77. The summed E-state index contributed by atoms with van der Waals surface area (Å²) in [4.78, 5) is 0. The standard InChI is InChI=1S/C29H35O4P/c30-34(32-23-25-13-4-1-5-14-25,33-24-26-15-6-2-7-16-26)31-22-12-20-28-19-10-11-21-29(28)27-17-8-3-9-18-27/h1-2,4-7,10-11,13-16,19,21,27H,3,8-9,12,17-18,20,22-24H2. The van der Waals surface area contributed by atoms with Crippen LogP contribution in [-0.4, -0.2) is 6.61 Å².